The maximum atomic E-state index is 13.8. The molecule has 0 bridgehead atoms. The summed E-state index contributed by atoms with van der Waals surface area (Å²) in [6.45, 7) is 7.81. The van der Waals surface area contributed by atoms with Gasteiger partial charge < -0.3 is 20.3 Å². The van der Waals surface area contributed by atoms with Crippen molar-refractivity contribution in [2.75, 3.05) is 31.9 Å². The van der Waals surface area contributed by atoms with Gasteiger partial charge in [-0.3, -0.25) is 4.79 Å². The van der Waals surface area contributed by atoms with Gasteiger partial charge in [0.25, 0.3) is 5.91 Å². The van der Waals surface area contributed by atoms with Gasteiger partial charge in [-0.2, -0.15) is 0 Å². The molecule has 1 spiro atoms. The van der Waals surface area contributed by atoms with Gasteiger partial charge in [0.05, 0.1) is 11.3 Å². The molecule has 3 heterocycles. The van der Waals surface area contributed by atoms with Crippen molar-refractivity contribution in [3.63, 3.8) is 0 Å². The van der Waals surface area contributed by atoms with Gasteiger partial charge in [0, 0.05) is 37.8 Å². The number of hydrogen-bond donors (Lipinski definition) is 1. The molecule has 0 aromatic carbocycles. The highest BCUT2D eigenvalue weighted by atomic mass is 35.5. The monoisotopic (exact) mass is 398 g/mol. The van der Waals surface area contributed by atoms with E-state index in [4.69, 9.17) is 22.1 Å². The lowest BCUT2D eigenvalue weighted by Gasteiger charge is -2.53. The van der Waals surface area contributed by atoms with E-state index in [-0.39, 0.29) is 33.8 Å². The van der Waals surface area contributed by atoms with E-state index in [1.807, 2.05) is 20.8 Å². The second-order valence-electron chi connectivity index (χ2n) is 8.32. The molecule has 27 heavy (non-hydrogen) atoms. The van der Waals surface area contributed by atoms with Crippen LogP contribution in [0.2, 0.25) is 5.15 Å². The number of pyridine rings is 1. The van der Waals surface area contributed by atoms with Gasteiger partial charge in [-0.15, -0.1) is 0 Å². The summed E-state index contributed by atoms with van der Waals surface area (Å²) in [5.41, 5.74) is 4.93. The molecule has 0 radical (unpaired) electrons. The fourth-order valence-electron chi connectivity index (χ4n) is 3.54. The van der Waals surface area contributed by atoms with E-state index in [0.29, 0.717) is 26.2 Å². The first-order valence-corrected chi connectivity index (χ1v) is 9.26. The number of hydrogen-bond acceptors (Lipinski definition) is 5. The van der Waals surface area contributed by atoms with Crippen LogP contribution in [0.3, 0.4) is 0 Å². The van der Waals surface area contributed by atoms with Crippen LogP contribution in [0.4, 0.5) is 14.9 Å². The Bertz CT molecular complexity index is 765. The fourth-order valence-corrected chi connectivity index (χ4v) is 3.69. The summed E-state index contributed by atoms with van der Waals surface area (Å²) in [5.74, 6) is -1.23. The first kappa shape index (κ1) is 19.7. The van der Waals surface area contributed by atoms with Gasteiger partial charge in [-0.1, -0.05) is 11.6 Å². The number of aromatic nitrogens is 1. The van der Waals surface area contributed by atoms with Gasteiger partial charge in [-0.05, 0) is 33.6 Å². The van der Waals surface area contributed by atoms with Crippen LogP contribution in [0.1, 0.15) is 44.0 Å². The summed E-state index contributed by atoms with van der Waals surface area (Å²) >= 11 is 5.59. The van der Waals surface area contributed by atoms with Crippen LogP contribution in [-0.4, -0.2) is 58.6 Å². The molecule has 9 heteroatoms. The number of carbonyl (C=O) groups excluding carboxylic acids is 2. The van der Waals surface area contributed by atoms with E-state index in [1.54, 1.807) is 9.80 Å². The molecule has 2 aliphatic heterocycles. The molecular formula is C18H24ClFN4O3. The van der Waals surface area contributed by atoms with Gasteiger partial charge in [0.15, 0.2) is 11.0 Å². The summed E-state index contributed by atoms with van der Waals surface area (Å²) in [7, 11) is 0. The smallest absolute Gasteiger partial charge is 0.410 e. The highest BCUT2D eigenvalue weighted by Gasteiger charge is 2.48. The molecule has 0 atom stereocenters. The lowest BCUT2D eigenvalue weighted by Crippen LogP contribution is -2.62. The number of halogens is 2. The van der Waals surface area contributed by atoms with Gasteiger partial charge in [-0.25, -0.2) is 14.2 Å². The van der Waals surface area contributed by atoms with E-state index in [9.17, 15) is 14.0 Å². The number of ether oxygens (including phenoxy) is 1. The Labute approximate surface area is 162 Å². The highest BCUT2D eigenvalue weighted by Crippen LogP contribution is 2.41. The SMILES string of the molecule is CC(C)(C)OC(=O)N1CC2(CCN(C(=O)c3cnc(Cl)c(F)c3N)CC2)C1. The Hall–Kier alpha value is -2.09. The predicted molar refractivity (Wildman–Crippen MR) is 99.0 cm³/mol. The number of carbonyl (C=O) groups is 2. The van der Waals surface area contributed by atoms with Gasteiger partial charge in [0.2, 0.25) is 0 Å². The lowest BCUT2D eigenvalue weighted by molar-refractivity contribution is -0.0563. The zero-order valence-corrected chi connectivity index (χ0v) is 16.5. The van der Waals surface area contributed by atoms with E-state index in [2.05, 4.69) is 4.98 Å². The average Bonchev–Trinajstić information content (AvgIpc) is 2.56. The molecule has 2 N–H and O–H groups in total. The standard InChI is InChI=1S/C18H24ClFN4O3/c1-17(2,3)27-16(26)24-9-18(10-24)4-6-23(7-5-18)15(25)11-8-22-14(19)12(20)13(11)21/h8H,4-7,9-10H2,1-3H3,(H2,21,22). The summed E-state index contributed by atoms with van der Waals surface area (Å²) in [4.78, 5) is 31.7. The maximum Gasteiger partial charge on any atom is 0.410 e. The third kappa shape index (κ3) is 3.95. The summed E-state index contributed by atoms with van der Waals surface area (Å²) in [5, 5.41) is -0.349. The van der Waals surface area contributed by atoms with Gasteiger partial charge in [0.1, 0.15) is 5.60 Å². The van der Waals surface area contributed by atoms with Crippen LogP contribution in [0.5, 0.6) is 0 Å². The highest BCUT2D eigenvalue weighted by molar-refractivity contribution is 6.30. The summed E-state index contributed by atoms with van der Waals surface area (Å²) in [6, 6.07) is 0. The first-order valence-electron chi connectivity index (χ1n) is 8.88. The molecule has 0 saturated carbocycles. The Morgan fingerprint density at radius 3 is 2.41 bits per heavy atom. The van der Waals surface area contributed by atoms with Crippen LogP contribution in [-0.2, 0) is 4.74 Å². The number of nitrogens with two attached hydrogens (primary N) is 1. The zero-order valence-electron chi connectivity index (χ0n) is 15.7. The Morgan fingerprint density at radius 2 is 1.85 bits per heavy atom. The van der Waals surface area contributed by atoms with Crippen LogP contribution < -0.4 is 5.73 Å². The number of likely N-dealkylation sites (tertiary alicyclic amines) is 2. The van der Waals surface area contributed by atoms with Crippen LogP contribution in [0, 0.1) is 11.2 Å². The van der Waals surface area contributed by atoms with Crippen molar-refractivity contribution in [2.24, 2.45) is 5.41 Å². The van der Waals surface area contributed by atoms with Crippen molar-refractivity contribution in [1.82, 2.24) is 14.8 Å². The number of rotatable bonds is 1. The topological polar surface area (TPSA) is 88.8 Å². The third-order valence-corrected chi connectivity index (χ3v) is 5.32. The number of nitrogens with zero attached hydrogens (tertiary/aromatic N) is 3. The van der Waals surface area contributed by atoms with Crippen LogP contribution >= 0.6 is 11.6 Å². The van der Waals surface area contributed by atoms with Crippen LogP contribution in [0.15, 0.2) is 6.20 Å². The van der Waals surface area contributed by atoms with Crippen LogP contribution in [0.25, 0.3) is 0 Å². The zero-order chi connectivity index (χ0) is 20.0. The molecule has 1 aromatic heterocycles. The largest absolute Gasteiger partial charge is 0.444 e. The van der Waals surface area contributed by atoms with E-state index >= 15 is 0 Å². The Kier molecular flexibility index (Phi) is 4.96. The minimum Gasteiger partial charge on any atom is -0.444 e. The van der Waals surface area contributed by atoms with E-state index in [0.717, 1.165) is 12.8 Å². The number of nitrogen functional groups attached to an aromatic ring is 1. The van der Waals surface area contributed by atoms with Gasteiger partial charge >= 0.3 is 6.09 Å². The molecule has 2 aliphatic rings. The molecule has 2 fully saturated rings. The minimum atomic E-state index is -0.872. The van der Waals surface area contributed by atoms with E-state index < -0.39 is 11.4 Å². The first-order chi connectivity index (χ1) is 12.5. The molecule has 3 rings (SSSR count). The third-order valence-electron chi connectivity index (χ3n) is 5.06. The molecule has 0 unspecified atom stereocenters. The predicted octanol–water partition coefficient (Wildman–Crippen LogP) is 2.93. The average molecular weight is 399 g/mol. The van der Waals surface area contributed by atoms with Crippen molar-refractivity contribution < 1.29 is 18.7 Å². The van der Waals surface area contributed by atoms with Crippen molar-refractivity contribution in [3.05, 3.63) is 22.7 Å². The fraction of sp³-hybridized carbons (Fsp3) is 0.611. The van der Waals surface area contributed by atoms with Crippen molar-refractivity contribution in [2.45, 2.75) is 39.2 Å². The molecule has 2 saturated heterocycles. The lowest BCUT2D eigenvalue weighted by atomic mass is 9.72. The Balaban J connectivity index is 1.57. The second kappa shape index (κ2) is 6.82. The number of amides is 2. The Morgan fingerprint density at radius 1 is 1.26 bits per heavy atom. The van der Waals surface area contributed by atoms with Crippen molar-refractivity contribution in [3.8, 4) is 0 Å². The van der Waals surface area contributed by atoms with Crippen molar-refractivity contribution >= 4 is 29.3 Å². The molecule has 2 amide bonds. The van der Waals surface area contributed by atoms with E-state index in [1.165, 1.54) is 6.20 Å². The maximum absolute atomic E-state index is 13.8. The number of anilines is 1. The molecule has 0 aliphatic carbocycles. The normalized spacial score (nSPS) is 19.0. The number of piperidine rings is 1. The second-order valence-corrected chi connectivity index (χ2v) is 8.68. The summed E-state index contributed by atoms with van der Waals surface area (Å²) in [6.07, 6.45) is 2.44. The molecule has 148 valence electrons. The molecule has 7 nitrogen and oxygen atoms in total. The summed E-state index contributed by atoms with van der Waals surface area (Å²) < 4.78 is 19.2. The molecular weight excluding hydrogens is 375 g/mol. The minimum absolute atomic E-state index is 0.0166. The quantitative estimate of drug-likeness (QED) is 0.735. The van der Waals surface area contributed by atoms with Crippen molar-refractivity contribution in [1.29, 1.82) is 0 Å². The molecule has 1 aromatic rings.